The van der Waals surface area contributed by atoms with Crippen LogP contribution in [0.15, 0.2) is 41.5 Å². The lowest BCUT2D eigenvalue weighted by atomic mass is 10.1. The number of carbonyl (C=O) groups excluding carboxylic acids is 1. The summed E-state index contributed by atoms with van der Waals surface area (Å²) in [6.07, 6.45) is 3.18. The van der Waals surface area contributed by atoms with Gasteiger partial charge in [0.2, 0.25) is 5.91 Å². The zero-order valence-corrected chi connectivity index (χ0v) is 14.3. The highest BCUT2D eigenvalue weighted by Gasteiger charge is 2.04. The van der Waals surface area contributed by atoms with Crippen molar-refractivity contribution in [2.45, 2.75) is 26.2 Å². The molecule has 2 aromatic rings. The number of benzene rings is 2. The summed E-state index contributed by atoms with van der Waals surface area (Å²) in [6, 6.07) is 10.1. The van der Waals surface area contributed by atoms with Gasteiger partial charge < -0.3 is 14.9 Å². The van der Waals surface area contributed by atoms with Crippen molar-refractivity contribution in [1.29, 1.82) is 0 Å². The Morgan fingerprint density at radius 3 is 2.72 bits per heavy atom. The molecule has 0 saturated heterocycles. The maximum absolute atomic E-state index is 11.8. The first-order valence-corrected chi connectivity index (χ1v) is 7.97. The standard InChI is InChI=1S/C19H22N2O4/c1-13-10-14(6-9-18(13)25-2)4-3-5-19(24)21-20-12-15-7-8-16(22)11-17(15)23/h6-12,22-23H,3-5H2,1-2H3,(H,21,24)/b20-12-. The van der Waals surface area contributed by atoms with E-state index in [2.05, 4.69) is 16.6 Å². The summed E-state index contributed by atoms with van der Waals surface area (Å²) in [5, 5.41) is 22.6. The van der Waals surface area contributed by atoms with Gasteiger partial charge in [-0.3, -0.25) is 4.79 Å². The molecule has 0 unspecified atom stereocenters. The Kier molecular flexibility index (Phi) is 6.39. The predicted molar refractivity (Wildman–Crippen MR) is 96.2 cm³/mol. The van der Waals surface area contributed by atoms with Gasteiger partial charge in [0, 0.05) is 18.1 Å². The molecular weight excluding hydrogens is 320 g/mol. The van der Waals surface area contributed by atoms with Crippen LogP contribution in [0.5, 0.6) is 17.2 Å². The molecule has 0 radical (unpaired) electrons. The maximum Gasteiger partial charge on any atom is 0.240 e. The number of hydrogen-bond acceptors (Lipinski definition) is 5. The van der Waals surface area contributed by atoms with Crippen molar-refractivity contribution in [3.05, 3.63) is 53.1 Å². The van der Waals surface area contributed by atoms with Crippen LogP contribution in [0.4, 0.5) is 0 Å². The van der Waals surface area contributed by atoms with Crippen LogP contribution >= 0.6 is 0 Å². The number of rotatable bonds is 7. The lowest BCUT2D eigenvalue weighted by molar-refractivity contribution is -0.121. The van der Waals surface area contributed by atoms with Crippen LogP contribution in [0.3, 0.4) is 0 Å². The van der Waals surface area contributed by atoms with Gasteiger partial charge in [0.1, 0.15) is 17.2 Å². The molecule has 0 bridgehead atoms. The molecule has 2 rings (SSSR count). The highest BCUT2D eigenvalue weighted by Crippen LogP contribution is 2.21. The van der Waals surface area contributed by atoms with Crippen molar-refractivity contribution in [3.8, 4) is 17.2 Å². The fraction of sp³-hybridized carbons (Fsp3) is 0.263. The Labute approximate surface area is 146 Å². The van der Waals surface area contributed by atoms with E-state index in [0.717, 1.165) is 23.3 Å². The van der Waals surface area contributed by atoms with Crippen LogP contribution < -0.4 is 10.2 Å². The minimum atomic E-state index is -0.195. The number of aromatic hydroxyl groups is 2. The first-order valence-electron chi connectivity index (χ1n) is 7.97. The van der Waals surface area contributed by atoms with Crippen LogP contribution in [0.2, 0.25) is 0 Å². The molecule has 0 aromatic heterocycles. The van der Waals surface area contributed by atoms with Crippen molar-refractivity contribution in [3.63, 3.8) is 0 Å². The fourth-order valence-corrected chi connectivity index (χ4v) is 2.42. The Morgan fingerprint density at radius 2 is 2.04 bits per heavy atom. The highest BCUT2D eigenvalue weighted by molar-refractivity contribution is 5.85. The van der Waals surface area contributed by atoms with E-state index in [1.54, 1.807) is 7.11 Å². The quantitative estimate of drug-likeness (QED) is 0.533. The smallest absolute Gasteiger partial charge is 0.240 e. The summed E-state index contributed by atoms with van der Waals surface area (Å²) in [6.45, 7) is 1.99. The lowest BCUT2D eigenvalue weighted by Crippen LogP contribution is -2.17. The summed E-state index contributed by atoms with van der Waals surface area (Å²) in [5.41, 5.74) is 5.06. The van der Waals surface area contributed by atoms with Gasteiger partial charge in [-0.2, -0.15) is 5.10 Å². The molecule has 0 heterocycles. The Hall–Kier alpha value is -3.02. The van der Waals surface area contributed by atoms with E-state index < -0.39 is 0 Å². The number of ether oxygens (including phenoxy) is 1. The number of carbonyl (C=O) groups is 1. The zero-order valence-electron chi connectivity index (χ0n) is 14.3. The minimum absolute atomic E-state index is 0.0348. The van der Waals surface area contributed by atoms with E-state index in [1.807, 2.05) is 19.1 Å². The zero-order chi connectivity index (χ0) is 18.2. The number of hydrogen-bond donors (Lipinski definition) is 3. The van der Waals surface area contributed by atoms with Crippen molar-refractivity contribution >= 4 is 12.1 Å². The highest BCUT2D eigenvalue weighted by atomic mass is 16.5. The number of phenolic OH excluding ortho intramolecular Hbond substituents is 2. The number of hydrazone groups is 1. The molecule has 2 aromatic carbocycles. The van der Waals surface area contributed by atoms with Gasteiger partial charge in [-0.25, -0.2) is 5.43 Å². The topological polar surface area (TPSA) is 91.2 Å². The molecule has 0 aliphatic carbocycles. The molecule has 0 spiro atoms. The Morgan fingerprint density at radius 1 is 1.24 bits per heavy atom. The van der Waals surface area contributed by atoms with Gasteiger partial charge in [-0.15, -0.1) is 0 Å². The lowest BCUT2D eigenvalue weighted by Gasteiger charge is -2.07. The van der Waals surface area contributed by atoms with Crippen LogP contribution in [0.1, 0.15) is 29.5 Å². The molecule has 6 nitrogen and oxygen atoms in total. The number of nitrogens with one attached hydrogen (secondary N) is 1. The molecule has 0 aliphatic heterocycles. The number of amides is 1. The third kappa shape index (κ3) is 5.53. The molecule has 1 amide bonds. The monoisotopic (exact) mass is 342 g/mol. The van der Waals surface area contributed by atoms with Gasteiger partial charge in [0.15, 0.2) is 0 Å². The van der Waals surface area contributed by atoms with E-state index in [0.29, 0.717) is 18.4 Å². The second-order valence-electron chi connectivity index (χ2n) is 5.69. The Balaban J connectivity index is 1.77. The summed E-state index contributed by atoms with van der Waals surface area (Å²) >= 11 is 0. The molecule has 132 valence electrons. The van der Waals surface area contributed by atoms with Crippen molar-refractivity contribution in [2.24, 2.45) is 5.10 Å². The molecule has 0 aliphatic rings. The van der Waals surface area contributed by atoms with E-state index in [-0.39, 0.29) is 17.4 Å². The number of aryl methyl sites for hydroxylation is 2. The molecule has 6 heteroatoms. The summed E-state index contributed by atoms with van der Waals surface area (Å²) in [5.74, 6) is 0.522. The van der Waals surface area contributed by atoms with Crippen molar-refractivity contribution in [1.82, 2.24) is 5.43 Å². The van der Waals surface area contributed by atoms with Gasteiger partial charge in [-0.1, -0.05) is 12.1 Å². The first kappa shape index (κ1) is 18.3. The van der Waals surface area contributed by atoms with Crippen LogP contribution in [-0.4, -0.2) is 29.4 Å². The SMILES string of the molecule is COc1ccc(CCCC(=O)N/N=C\c2ccc(O)cc2O)cc1C. The molecule has 0 atom stereocenters. The van der Waals surface area contributed by atoms with Gasteiger partial charge in [0.25, 0.3) is 0 Å². The number of methoxy groups -OCH3 is 1. The normalized spacial score (nSPS) is 10.8. The molecule has 0 saturated carbocycles. The van der Waals surface area contributed by atoms with E-state index in [4.69, 9.17) is 4.74 Å². The van der Waals surface area contributed by atoms with E-state index in [9.17, 15) is 15.0 Å². The van der Waals surface area contributed by atoms with Crippen molar-refractivity contribution < 1.29 is 19.7 Å². The summed E-state index contributed by atoms with van der Waals surface area (Å²) in [7, 11) is 1.64. The first-order chi connectivity index (χ1) is 12.0. The molecular formula is C19H22N2O4. The van der Waals surface area contributed by atoms with E-state index in [1.165, 1.54) is 24.4 Å². The summed E-state index contributed by atoms with van der Waals surface area (Å²) in [4.78, 5) is 11.8. The average molecular weight is 342 g/mol. The third-order valence-corrected chi connectivity index (χ3v) is 3.74. The van der Waals surface area contributed by atoms with Crippen LogP contribution in [0, 0.1) is 6.92 Å². The number of nitrogens with zero attached hydrogens (tertiary/aromatic N) is 1. The van der Waals surface area contributed by atoms with Crippen LogP contribution in [0.25, 0.3) is 0 Å². The van der Waals surface area contributed by atoms with Gasteiger partial charge in [0.05, 0.1) is 13.3 Å². The van der Waals surface area contributed by atoms with Gasteiger partial charge >= 0.3 is 0 Å². The molecule has 25 heavy (non-hydrogen) atoms. The second kappa shape index (κ2) is 8.73. The molecule has 3 N–H and O–H groups in total. The third-order valence-electron chi connectivity index (χ3n) is 3.74. The Bertz CT molecular complexity index is 772. The summed E-state index contributed by atoms with van der Waals surface area (Å²) < 4.78 is 5.23. The van der Waals surface area contributed by atoms with Crippen molar-refractivity contribution in [2.75, 3.05) is 7.11 Å². The molecule has 0 fully saturated rings. The van der Waals surface area contributed by atoms with Gasteiger partial charge in [-0.05, 0) is 49.1 Å². The predicted octanol–water partition coefficient (Wildman–Crippen LogP) is 2.89. The minimum Gasteiger partial charge on any atom is -0.508 e. The average Bonchev–Trinajstić information content (AvgIpc) is 2.57. The number of phenols is 2. The maximum atomic E-state index is 11.8. The largest absolute Gasteiger partial charge is 0.508 e. The van der Waals surface area contributed by atoms with E-state index >= 15 is 0 Å². The second-order valence-corrected chi connectivity index (χ2v) is 5.69. The fourth-order valence-electron chi connectivity index (χ4n) is 2.42. The van der Waals surface area contributed by atoms with Crippen LogP contribution in [-0.2, 0) is 11.2 Å².